The molecular weight excluding hydrogens is 200 g/mol. The van der Waals surface area contributed by atoms with Crippen molar-refractivity contribution in [3.63, 3.8) is 0 Å². The van der Waals surface area contributed by atoms with Crippen molar-refractivity contribution in [1.29, 1.82) is 0 Å². The van der Waals surface area contributed by atoms with Crippen LogP contribution in [0.2, 0.25) is 0 Å². The zero-order chi connectivity index (χ0) is 12.1. The number of rotatable bonds is 5. The van der Waals surface area contributed by atoms with Gasteiger partial charge in [-0.25, -0.2) is 0 Å². The molecule has 3 heteroatoms. The maximum Gasteiger partial charge on any atom is 0.118 e. The molecule has 1 aromatic rings. The molecule has 16 heavy (non-hydrogen) atoms. The monoisotopic (exact) mass is 222 g/mol. The van der Waals surface area contributed by atoms with Gasteiger partial charge in [0.05, 0.1) is 7.11 Å². The van der Waals surface area contributed by atoms with Crippen LogP contribution in [0.15, 0.2) is 24.3 Å². The quantitative estimate of drug-likeness (QED) is 0.826. The van der Waals surface area contributed by atoms with Crippen molar-refractivity contribution in [3.8, 4) is 5.75 Å². The first kappa shape index (κ1) is 13.0. The second-order valence-electron chi connectivity index (χ2n) is 4.36. The minimum absolute atomic E-state index is 0.184. The Hall–Kier alpha value is -1.06. The number of nitrogens with two attached hydrogens (primary N) is 1. The minimum Gasteiger partial charge on any atom is -0.497 e. The summed E-state index contributed by atoms with van der Waals surface area (Å²) < 4.78 is 5.13. The van der Waals surface area contributed by atoms with Crippen LogP contribution in [0.3, 0.4) is 0 Å². The smallest absolute Gasteiger partial charge is 0.118 e. The molecule has 2 unspecified atom stereocenters. The van der Waals surface area contributed by atoms with E-state index < -0.39 is 0 Å². The average Bonchev–Trinajstić information content (AvgIpc) is 2.28. The fourth-order valence-corrected chi connectivity index (χ4v) is 1.56. The van der Waals surface area contributed by atoms with Crippen LogP contribution in [0.1, 0.15) is 19.4 Å². The van der Waals surface area contributed by atoms with Gasteiger partial charge < -0.3 is 10.5 Å². The highest BCUT2D eigenvalue weighted by Crippen LogP contribution is 2.13. The lowest BCUT2D eigenvalue weighted by atomic mass is 10.1. The molecule has 0 heterocycles. The van der Waals surface area contributed by atoms with Crippen LogP contribution >= 0.6 is 0 Å². The number of benzene rings is 1. The normalized spacial score (nSPS) is 14.9. The fraction of sp³-hybridized carbons (Fsp3) is 0.538. The standard InChI is InChI=1S/C13H22N2O/c1-10(14)11(2)15(3)9-12-5-7-13(16-4)8-6-12/h5-8,10-11H,9,14H2,1-4H3. The molecule has 0 bridgehead atoms. The molecule has 0 radical (unpaired) electrons. The maximum absolute atomic E-state index is 5.87. The van der Waals surface area contributed by atoms with E-state index >= 15 is 0 Å². The number of hydrogen-bond donors (Lipinski definition) is 1. The number of methoxy groups -OCH3 is 1. The van der Waals surface area contributed by atoms with Crippen molar-refractivity contribution in [2.24, 2.45) is 5.73 Å². The molecule has 0 aliphatic heterocycles. The van der Waals surface area contributed by atoms with Gasteiger partial charge in [0.1, 0.15) is 5.75 Å². The molecule has 0 amide bonds. The van der Waals surface area contributed by atoms with E-state index in [1.807, 2.05) is 19.1 Å². The van der Waals surface area contributed by atoms with Crippen molar-refractivity contribution < 1.29 is 4.74 Å². The molecule has 1 rings (SSSR count). The van der Waals surface area contributed by atoms with Crippen LogP contribution in [0.4, 0.5) is 0 Å². The van der Waals surface area contributed by atoms with Gasteiger partial charge in [-0.1, -0.05) is 12.1 Å². The van der Waals surface area contributed by atoms with E-state index in [0.717, 1.165) is 12.3 Å². The van der Waals surface area contributed by atoms with Gasteiger partial charge in [0.15, 0.2) is 0 Å². The summed E-state index contributed by atoms with van der Waals surface area (Å²) in [6.45, 7) is 5.09. The molecule has 3 nitrogen and oxygen atoms in total. The van der Waals surface area contributed by atoms with Gasteiger partial charge in [-0.05, 0) is 38.6 Å². The second kappa shape index (κ2) is 5.87. The van der Waals surface area contributed by atoms with Crippen LogP contribution in [0, 0.1) is 0 Å². The lowest BCUT2D eigenvalue weighted by Gasteiger charge is -2.27. The minimum atomic E-state index is 0.184. The van der Waals surface area contributed by atoms with E-state index in [-0.39, 0.29) is 6.04 Å². The molecule has 1 aromatic carbocycles. The predicted octanol–water partition coefficient (Wildman–Crippen LogP) is 1.86. The van der Waals surface area contributed by atoms with Crippen molar-refractivity contribution >= 4 is 0 Å². The first-order valence-electron chi connectivity index (χ1n) is 5.63. The van der Waals surface area contributed by atoms with E-state index in [0.29, 0.717) is 6.04 Å². The number of likely N-dealkylation sites (N-methyl/N-ethyl adjacent to an activating group) is 1. The first-order chi connectivity index (χ1) is 7.54. The number of hydrogen-bond acceptors (Lipinski definition) is 3. The zero-order valence-electron chi connectivity index (χ0n) is 10.6. The van der Waals surface area contributed by atoms with Gasteiger partial charge in [-0.15, -0.1) is 0 Å². The van der Waals surface area contributed by atoms with Crippen LogP contribution in [-0.2, 0) is 6.54 Å². The van der Waals surface area contributed by atoms with Crippen LogP contribution in [0.25, 0.3) is 0 Å². The number of ether oxygens (including phenoxy) is 1. The average molecular weight is 222 g/mol. The third-order valence-electron chi connectivity index (χ3n) is 3.05. The zero-order valence-corrected chi connectivity index (χ0v) is 10.6. The SMILES string of the molecule is COc1ccc(CN(C)C(C)C(C)N)cc1. The van der Waals surface area contributed by atoms with Gasteiger partial charge in [0.2, 0.25) is 0 Å². The van der Waals surface area contributed by atoms with Crippen LogP contribution in [-0.4, -0.2) is 31.1 Å². The van der Waals surface area contributed by atoms with Crippen molar-refractivity contribution in [1.82, 2.24) is 4.90 Å². The summed E-state index contributed by atoms with van der Waals surface area (Å²) >= 11 is 0. The summed E-state index contributed by atoms with van der Waals surface area (Å²) in [7, 11) is 3.78. The molecule has 0 aliphatic rings. The Morgan fingerprint density at radius 1 is 1.25 bits per heavy atom. The number of nitrogens with zero attached hydrogens (tertiary/aromatic N) is 1. The Morgan fingerprint density at radius 2 is 1.81 bits per heavy atom. The fourth-order valence-electron chi connectivity index (χ4n) is 1.56. The Kier molecular flexibility index (Phi) is 4.77. The van der Waals surface area contributed by atoms with E-state index in [1.165, 1.54) is 5.56 Å². The van der Waals surface area contributed by atoms with Crippen molar-refractivity contribution in [2.45, 2.75) is 32.5 Å². The third kappa shape index (κ3) is 3.51. The highest BCUT2D eigenvalue weighted by Gasteiger charge is 2.13. The molecule has 0 saturated carbocycles. The lowest BCUT2D eigenvalue weighted by molar-refractivity contribution is 0.224. The van der Waals surface area contributed by atoms with Gasteiger partial charge in [-0.3, -0.25) is 4.90 Å². The van der Waals surface area contributed by atoms with Gasteiger partial charge >= 0.3 is 0 Å². The Bertz CT molecular complexity index is 308. The van der Waals surface area contributed by atoms with Gasteiger partial charge in [-0.2, -0.15) is 0 Å². The van der Waals surface area contributed by atoms with Crippen molar-refractivity contribution in [3.05, 3.63) is 29.8 Å². The maximum atomic E-state index is 5.87. The summed E-state index contributed by atoms with van der Waals surface area (Å²) in [4.78, 5) is 2.26. The lowest BCUT2D eigenvalue weighted by Crippen LogP contribution is -2.41. The Morgan fingerprint density at radius 3 is 2.25 bits per heavy atom. The largest absolute Gasteiger partial charge is 0.497 e. The topological polar surface area (TPSA) is 38.5 Å². The van der Waals surface area contributed by atoms with Crippen molar-refractivity contribution in [2.75, 3.05) is 14.2 Å². The molecule has 0 aromatic heterocycles. The molecule has 0 fully saturated rings. The Balaban J connectivity index is 2.59. The van der Waals surface area contributed by atoms with E-state index in [9.17, 15) is 0 Å². The molecule has 0 saturated heterocycles. The van der Waals surface area contributed by atoms with Crippen LogP contribution in [0.5, 0.6) is 5.75 Å². The molecular formula is C13H22N2O. The van der Waals surface area contributed by atoms with E-state index in [1.54, 1.807) is 7.11 Å². The van der Waals surface area contributed by atoms with Gasteiger partial charge in [0, 0.05) is 18.6 Å². The summed E-state index contributed by atoms with van der Waals surface area (Å²) in [5, 5.41) is 0. The second-order valence-corrected chi connectivity index (χ2v) is 4.36. The highest BCUT2D eigenvalue weighted by atomic mass is 16.5. The predicted molar refractivity (Wildman–Crippen MR) is 67.6 cm³/mol. The molecule has 2 N–H and O–H groups in total. The molecule has 2 atom stereocenters. The summed E-state index contributed by atoms with van der Waals surface area (Å²) in [5.74, 6) is 0.895. The molecule has 0 aliphatic carbocycles. The summed E-state index contributed by atoms with van der Waals surface area (Å²) in [6, 6.07) is 8.71. The van der Waals surface area contributed by atoms with Crippen LogP contribution < -0.4 is 10.5 Å². The van der Waals surface area contributed by atoms with Gasteiger partial charge in [0.25, 0.3) is 0 Å². The summed E-state index contributed by atoms with van der Waals surface area (Å²) in [5.41, 5.74) is 7.15. The third-order valence-corrected chi connectivity index (χ3v) is 3.05. The van der Waals surface area contributed by atoms with E-state index in [2.05, 4.69) is 31.0 Å². The molecule has 90 valence electrons. The first-order valence-corrected chi connectivity index (χ1v) is 5.63. The Labute approximate surface area is 98.2 Å². The highest BCUT2D eigenvalue weighted by molar-refractivity contribution is 5.27. The van der Waals surface area contributed by atoms with E-state index in [4.69, 9.17) is 10.5 Å². The molecule has 0 spiro atoms. The summed E-state index contributed by atoms with van der Waals surface area (Å²) in [6.07, 6.45) is 0.